The highest BCUT2D eigenvalue weighted by atomic mass is 19.4. The molecule has 1 aromatic rings. The van der Waals surface area contributed by atoms with E-state index in [0.29, 0.717) is 0 Å². The summed E-state index contributed by atoms with van der Waals surface area (Å²) in [7, 11) is 0. The number of halogens is 3. The number of hydrogen-bond donors (Lipinski definition) is 1. The molecule has 1 N–H and O–H groups in total. The van der Waals surface area contributed by atoms with E-state index in [1.807, 2.05) is 0 Å². The third-order valence-corrected chi connectivity index (χ3v) is 1.72. The lowest BCUT2D eigenvalue weighted by Gasteiger charge is -2.13. The Morgan fingerprint density at radius 1 is 1.56 bits per heavy atom. The number of pyridine rings is 1. The van der Waals surface area contributed by atoms with Crippen LogP contribution in [0.1, 0.15) is 11.3 Å². The lowest BCUT2D eigenvalue weighted by atomic mass is 10.2. The van der Waals surface area contributed by atoms with Gasteiger partial charge in [0.2, 0.25) is 0 Å². The van der Waals surface area contributed by atoms with Gasteiger partial charge in [0.1, 0.15) is 0 Å². The van der Waals surface area contributed by atoms with Crippen LogP contribution in [-0.2, 0) is 6.42 Å². The van der Waals surface area contributed by atoms with Gasteiger partial charge in [0.05, 0.1) is 18.2 Å². The standard InChI is InChI=1S/C9H7F3N2O2/c1-5-4-14-6(2-3-13)7(15)8(5)16-9(10,11)12/h4,15H,2H2,1H3. The number of alkyl halides is 3. The van der Waals surface area contributed by atoms with Crippen LogP contribution in [0.2, 0.25) is 0 Å². The van der Waals surface area contributed by atoms with Gasteiger partial charge >= 0.3 is 6.36 Å². The second-order valence-corrected chi connectivity index (χ2v) is 2.95. The largest absolute Gasteiger partial charge is 0.573 e. The second-order valence-electron chi connectivity index (χ2n) is 2.95. The Morgan fingerprint density at radius 2 is 2.19 bits per heavy atom. The number of aromatic nitrogens is 1. The zero-order chi connectivity index (χ0) is 12.3. The number of hydrogen-bond acceptors (Lipinski definition) is 4. The lowest BCUT2D eigenvalue weighted by molar-refractivity contribution is -0.275. The van der Waals surface area contributed by atoms with Crippen molar-refractivity contribution in [3.8, 4) is 17.6 Å². The van der Waals surface area contributed by atoms with Crippen LogP contribution in [0.4, 0.5) is 13.2 Å². The first-order valence-corrected chi connectivity index (χ1v) is 4.15. The first-order chi connectivity index (χ1) is 7.35. The van der Waals surface area contributed by atoms with Crippen LogP contribution in [0.3, 0.4) is 0 Å². The highest BCUT2D eigenvalue weighted by Gasteiger charge is 2.33. The fraction of sp³-hybridized carbons (Fsp3) is 0.333. The molecule has 0 atom stereocenters. The zero-order valence-corrected chi connectivity index (χ0v) is 8.17. The van der Waals surface area contributed by atoms with E-state index in [0.717, 1.165) is 6.20 Å². The molecule has 0 aliphatic rings. The van der Waals surface area contributed by atoms with E-state index in [1.54, 1.807) is 6.07 Å². The van der Waals surface area contributed by atoms with Crippen molar-refractivity contribution < 1.29 is 23.0 Å². The predicted octanol–water partition coefficient (Wildman–Crippen LogP) is 2.06. The van der Waals surface area contributed by atoms with Gasteiger partial charge in [-0.3, -0.25) is 4.98 Å². The molecular weight excluding hydrogens is 225 g/mol. The van der Waals surface area contributed by atoms with E-state index in [2.05, 4.69) is 9.72 Å². The molecule has 0 spiro atoms. The Hall–Kier alpha value is -1.97. The smallest absolute Gasteiger partial charge is 0.503 e. The van der Waals surface area contributed by atoms with Crippen molar-refractivity contribution >= 4 is 0 Å². The fourth-order valence-electron chi connectivity index (χ4n) is 1.06. The van der Waals surface area contributed by atoms with E-state index in [-0.39, 0.29) is 17.7 Å². The van der Waals surface area contributed by atoms with Gasteiger partial charge < -0.3 is 9.84 Å². The van der Waals surface area contributed by atoms with Crippen LogP contribution < -0.4 is 4.74 Å². The minimum Gasteiger partial charge on any atom is -0.503 e. The molecule has 1 heterocycles. The number of rotatable bonds is 2. The Bertz CT molecular complexity index is 438. The number of nitrogens with zero attached hydrogens (tertiary/aromatic N) is 2. The zero-order valence-electron chi connectivity index (χ0n) is 8.17. The molecule has 0 saturated carbocycles. The highest BCUT2D eigenvalue weighted by molar-refractivity contribution is 5.47. The number of ether oxygens (including phenoxy) is 1. The highest BCUT2D eigenvalue weighted by Crippen LogP contribution is 2.35. The minimum absolute atomic E-state index is 0.0384. The molecule has 0 radical (unpaired) electrons. The van der Waals surface area contributed by atoms with Crippen molar-refractivity contribution in [3.05, 3.63) is 17.5 Å². The van der Waals surface area contributed by atoms with Crippen LogP contribution in [0, 0.1) is 18.3 Å². The van der Waals surface area contributed by atoms with Gasteiger partial charge in [-0.15, -0.1) is 13.2 Å². The number of nitriles is 1. The summed E-state index contributed by atoms with van der Waals surface area (Å²) in [6, 6.07) is 1.68. The summed E-state index contributed by atoms with van der Waals surface area (Å²) in [5.41, 5.74) is -0.108. The SMILES string of the molecule is Cc1cnc(CC#N)c(O)c1OC(F)(F)F. The first-order valence-electron chi connectivity index (χ1n) is 4.15. The number of aromatic hydroxyl groups is 1. The van der Waals surface area contributed by atoms with Crippen molar-refractivity contribution in [1.29, 1.82) is 5.26 Å². The molecule has 86 valence electrons. The lowest BCUT2D eigenvalue weighted by Crippen LogP contribution is -2.18. The molecule has 0 aliphatic heterocycles. The van der Waals surface area contributed by atoms with Gasteiger partial charge in [-0.2, -0.15) is 5.26 Å². The summed E-state index contributed by atoms with van der Waals surface area (Å²) in [5, 5.41) is 17.8. The maximum absolute atomic E-state index is 12.0. The van der Waals surface area contributed by atoms with Crippen molar-refractivity contribution in [2.24, 2.45) is 0 Å². The third kappa shape index (κ3) is 2.76. The molecule has 1 rings (SSSR count). The molecule has 16 heavy (non-hydrogen) atoms. The summed E-state index contributed by atoms with van der Waals surface area (Å²) in [6.07, 6.45) is -4.08. The Kier molecular flexibility index (Phi) is 3.22. The molecule has 4 nitrogen and oxygen atoms in total. The molecule has 0 unspecified atom stereocenters. The van der Waals surface area contributed by atoms with Gasteiger partial charge in [-0.25, -0.2) is 0 Å². The topological polar surface area (TPSA) is 66.1 Å². The van der Waals surface area contributed by atoms with Crippen molar-refractivity contribution in [1.82, 2.24) is 4.98 Å². The molecule has 0 aromatic carbocycles. The summed E-state index contributed by atoms with van der Waals surface area (Å²) < 4.78 is 39.7. The van der Waals surface area contributed by atoms with E-state index < -0.39 is 17.9 Å². The molecule has 1 aromatic heterocycles. The van der Waals surface area contributed by atoms with Crippen LogP contribution in [-0.4, -0.2) is 16.5 Å². The Labute approximate surface area is 88.9 Å². The molecule has 0 fully saturated rings. The Morgan fingerprint density at radius 3 is 2.69 bits per heavy atom. The van der Waals surface area contributed by atoms with E-state index in [1.165, 1.54) is 6.92 Å². The molecule has 7 heteroatoms. The van der Waals surface area contributed by atoms with Gasteiger partial charge in [0, 0.05) is 11.8 Å². The minimum atomic E-state index is -4.90. The van der Waals surface area contributed by atoms with Crippen molar-refractivity contribution in [2.45, 2.75) is 19.7 Å². The predicted molar refractivity (Wildman–Crippen MR) is 46.6 cm³/mol. The van der Waals surface area contributed by atoms with Crippen LogP contribution in [0.25, 0.3) is 0 Å². The van der Waals surface area contributed by atoms with E-state index in [9.17, 15) is 18.3 Å². The van der Waals surface area contributed by atoms with E-state index >= 15 is 0 Å². The van der Waals surface area contributed by atoms with Crippen molar-refractivity contribution in [2.75, 3.05) is 0 Å². The number of aryl methyl sites for hydroxylation is 1. The monoisotopic (exact) mass is 232 g/mol. The first kappa shape index (κ1) is 12.1. The second kappa shape index (κ2) is 4.26. The summed E-state index contributed by atoms with van der Waals surface area (Å²) in [5.74, 6) is -1.47. The molecule has 0 bridgehead atoms. The average Bonchev–Trinajstić information content (AvgIpc) is 2.16. The van der Waals surface area contributed by atoms with Gasteiger partial charge in [-0.1, -0.05) is 0 Å². The van der Waals surface area contributed by atoms with E-state index in [4.69, 9.17) is 5.26 Å². The summed E-state index contributed by atoms with van der Waals surface area (Å²) in [6.45, 7) is 1.31. The Balaban J connectivity index is 3.17. The van der Waals surface area contributed by atoms with Crippen LogP contribution >= 0.6 is 0 Å². The fourth-order valence-corrected chi connectivity index (χ4v) is 1.06. The molecule has 0 aliphatic carbocycles. The van der Waals surface area contributed by atoms with Gasteiger partial charge in [0.25, 0.3) is 0 Å². The summed E-state index contributed by atoms with van der Waals surface area (Å²) >= 11 is 0. The molecular formula is C9H7F3N2O2. The average molecular weight is 232 g/mol. The maximum atomic E-state index is 12.0. The third-order valence-electron chi connectivity index (χ3n) is 1.72. The molecule has 0 amide bonds. The van der Waals surface area contributed by atoms with Crippen LogP contribution in [0.5, 0.6) is 11.5 Å². The summed E-state index contributed by atoms with van der Waals surface area (Å²) in [4.78, 5) is 3.64. The normalized spacial score (nSPS) is 10.9. The van der Waals surface area contributed by atoms with Crippen LogP contribution in [0.15, 0.2) is 6.20 Å². The van der Waals surface area contributed by atoms with Crippen molar-refractivity contribution in [3.63, 3.8) is 0 Å². The molecule has 0 saturated heterocycles. The quantitative estimate of drug-likeness (QED) is 0.847. The maximum Gasteiger partial charge on any atom is 0.573 e. The van der Waals surface area contributed by atoms with Gasteiger partial charge in [-0.05, 0) is 6.92 Å². The van der Waals surface area contributed by atoms with Gasteiger partial charge in [0.15, 0.2) is 11.5 Å².